The summed E-state index contributed by atoms with van der Waals surface area (Å²) in [5.74, 6) is -0.686. The van der Waals surface area contributed by atoms with E-state index in [4.69, 9.17) is 9.52 Å². The number of amides is 1. The van der Waals surface area contributed by atoms with Crippen molar-refractivity contribution in [3.63, 3.8) is 0 Å². The van der Waals surface area contributed by atoms with Crippen LogP contribution >= 0.6 is 0 Å². The highest BCUT2D eigenvalue weighted by molar-refractivity contribution is 6.02. The van der Waals surface area contributed by atoms with Crippen LogP contribution in [0.4, 0.5) is 0 Å². The maximum atomic E-state index is 11.9. The summed E-state index contributed by atoms with van der Waals surface area (Å²) in [6.07, 6.45) is 1.27. The normalized spacial score (nSPS) is 11.2. The predicted octanol–water partition coefficient (Wildman–Crippen LogP) is 2.44. The predicted molar refractivity (Wildman–Crippen MR) is 73.0 cm³/mol. The molecule has 0 unspecified atom stereocenters. The minimum atomic E-state index is -1.23. The number of nitrogens with one attached hydrogen (secondary N) is 1. The minimum Gasteiger partial charge on any atom is -0.477 e. The van der Waals surface area contributed by atoms with Gasteiger partial charge >= 0.3 is 5.97 Å². The summed E-state index contributed by atoms with van der Waals surface area (Å²) in [6, 6.07) is 11.7. The number of carbonyl (C=O) groups excluding carboxylic acids is 1. The molecule has 0 saturated heterocycles. The third-order valence-electron chi connectivity index (χ3n) is 2.56. The molecule has 5 heteroatoms. The summed E-state index contributed by atoms with van der Waals surface area (Å²) >= 11 is 0. The van der Waals surface area contributed by atoms with E-state index in [0.717, 1.165) is 0 Å². The lowest BCUT2D eigenvalue weighted by atomic mass is 10.2. The Kier molecular flexibility index (Phi) is 4.00. The molecular weight excluding hydrogens is 258 g/mol. The van der Waals surface area contributed by atoms with Gasteiger partial charge in [-0.05, 0) is 31.2 Å². The Labute approximate surface area is 115 Å². The molecule has 1 amide bonds. The molecule has 0 saturated carbocycles. The van der Waals surface area contributed by atoms with Crippen LogP contribution in [0.3, 0.4) is 0 Å². The van der Waals surface area contributed by atoms with Gasteiger partial charge in [-0.15, -0.1) is 0 Å². The van der Waals surface area contributed by atoms with Gasteiger partial charge in [0.1, 0.15) is 17.2 Å². The van der Waals surface area contributed by atoms with Crippen LogP contribution in [0.15, 0.2) is 52.6 Å². The van der Waals surface area contributed by atoms with Crippen molar-refractivity contribution in [3.05, 3.63) is 65.2 Å². The zero-order valence-electron chi connectivity index (χ0n) is 10.8. The second kappa shape index (κ2) is 5.88. The van der Waals surface area contributed by atoms with E-state index in [1.165, 1.54) is 6.08 Å². The topological polar surface area (TPSA) is 79.5 Å². The van der Waals surface area contributed by atoms with Gasteiger partial charge in [0.2, 0.25) is 0 Å². The maximum absolute atomic E-state index is 11.9. The first kappa shape index (κ1) is 13.6. The molecule has 0 aliphatic carbocycles. The lowest BCUT2D eigenvalue weighted by Gasteiger charge is -2.05. The van der Waals surface area contributed by atoms with Crippen molar-refractivity contribution in [3.8, 4) is 0 Å². The second-order valence-corrected chi connectivity index (χ2v) is 4.13. The highest BCUT2D eigenvalue weighted by Crippen LogP contribution is 2.11. The molecule has 5 nitrogen and oxygen atoms in total. The molecule has 1 heterocycles. The van der Waals surface area contributed by atoms with E-state index in [-0.39, 0.29) is 5.70 Å². The third kappa shape index (κ3) is 3.35. The smallest absolute Gasteiger partial charge is 0.352 e. The first-order chi connectivity index (χ1) is 9.56. The Morgan fingerprint density at radius 2 is 1.85 bits per heavy atom. The number of carboxylic acid groups (broad SMARTS) is 1. The van der Waals surface area contributed by atoms with Crippen LogP contribution in [0.5, 0.6) is 0 Å². The average Bonchev–Trinajstić information content (AvgIpc) is 2.84. The monoisotopic (exact) mass is 271 g/mol. The number of aliphatic carboxylic acids is 1. The summed E-state index contributed by atoms with van der Waals surface area (Å²) in [4.78, 5) is 23.1. The molecule has 0 spiro atoms. The highest BCUT2D eigenvalue weighted by Gasteiger charge is 2.13. The maximum Gasteiger partial charge on any atom is 0.352 e. The van der Waals surface area contributed by atoms with Crippen LogP contribution < -0.4 is 5.32 Å². The molecule has 0 radical (unpaired) electrons. The number of furan rings is 1. The van der Waals surface area contributed by atoms with E-state index in [9.17, 15) is 9.59 Å². The van der Waals surface area contributed by atoms with Crippen molar-refractivity contribution in [2.75, 3.05) is 0 Å². The van der Waals surface area contributed by atoms with Crippen molar-refractivity contribution < 1.29 is 19.1 Å². The Bertz CT molecular complexity index is 656. The molecular formula is C15H13NO4. The molecule has 20 heavy (non-hydrogen) atoms. The molecule has 0 fully saturated rings. The molecule has 0 aliphatic rings. The number of rotatable bonds is 4. The number of carboxylic acids is 1. The van der Waals surface area contributed by atoms with Crippen LogP contribution in [0.1, 0.15) is 21.9 Å². The van der Waals surface area contributed by atoms with Gasteiger partial charge < -0.3 is 14.8 Å². The van der Waals surface area contributed by atoms with Crippen LogP contribution in [0.25, 0.3) is 6.08 Å². The molecule has 0 atom stereocenters. The van der Waals surface area contributed by atoms with E-state index >= 15 is 0 Å². The fourth-order valence-corrected chi connectivity index (χ4v) is 1.61. The van der Waals surface area contributed by atoms with Crippen molar-refractivity contribution in [2.24, 2.45) is 0 Å². The molecule has 1 aromatic carbocycles. The fourth-order valence-electron chi connectivity index (χ4n) is 1.61. The SMILES string of the molecule is Cc1ccc(C=C(NC(=O)c2ccccc2)C(=O)O)o1. The first-order valence-electron chi connectivity index (χ1n) is 5.94. The third-order valence-corrected chi connectivity index (χ3v) is 2.56. The van der Waals surface area contributed by atoms with E-state index in [1.54, 1.807) is 49.4 Å². The van der Waals surface area contributed by atoms with E-state index in [1.807, 2.05) is 0 Å². The van der Waals surface area contributed by atoms with Crippen LogP contribution in [-0.2, 0) is 4.79 Å². The molecule has 2 rings (SSSR count). The Morgan fingerprint density at radius 1 is 1.15 bits per heavy atom. The second-order valence-electron chi connectivity index (χ2n) is 4.13. The van der Waals surface area contributed by atoms with Crippen molar-refractivity contribution in [2.45, 2.75) is 6.92 Å². The van der Waals surface area contributed by atoms with Gasteiger partial charge in [0.05, 0.1) is 0 Å². The standard InChI is InChI=1S/C15H13NO4/c1-10-7-8-12(20-10)9-13(15(18)19)16-14(17)11-5-3-2-4-6-11/h2-9H,1H3,(H,16,17)(H,18,19). The molecule has 0 aliphatic heterocycles. The van der Waals surface area contributed by atoms with Gasteiger partial charge in [0.25, 0.3) is 5.91 Å². The van der Waals surface area contributed by atoms with Gasteiger partial charge in [0, 0.05) is 11.6 Å². The van der Waals surface area contributed by atoms with Crippen LogP contribution in [0.2, 0.25) is 0 Å². The summed E-state index contributed by atoms with van der Waals surface area (Å²) in [7, 11) is 0. The number of aryl methyl sites for hydroxylation is 1. The number of hydrogen-bond donors (Lipinski definition) is 2. The van der Waals surface area contributed by atoms with Gasteiger partial charge in [-0.25, -0.2) is 4.79 Å². The number of benzene rings is 1. The summed E-state index contributed by atoms with van der Waals surface area (Å²) < 4.78 is 5.26. The molecule has 0 bridgehead atoms. The lowest BCUT2D eigenvalue weighted by molar-refractivity contribution is -0.132. The minimum absolute atomic E-state index is 0.242. The van der Waals surface area contributed by atoms with Crippen molar-refractivity contribution in [1.82, 2.24) is 5.32 Å². The fraction of sp³-hybridized carbons (Fsp3) is 0.0667. The molecule has 102 valence electrons. The van der Waals surface area contributed by atoms with Crippen molar-refractivity contribution >= 4 is 18.0 Å². The number of carbonyl (C=O) groups is 2. The van der Waals surface area contributed by atoms with Crippen LogP contribution in [-0.4, -0.2) is 17.0 Å². The van der Waals surface area contributed by atoms with Gasteiger partial charge in [0.15, 0.2) is 0 Å². The van der Waals surface area contributed by atoms with Gasteiger partial charge in [-0.2, -0.15) is 0 Å². The van der Waals surface area contributed by atoms with Crippen LogP contribution in [0, 0.1) is 6.92 Å². The lowest BCUT2D eigenvalue weighted by Crippen LogP contribution is -2.27. The quantitative estimate of drug-likeness (QED) is 0.837. The van der Waals surface area contributed by atoms with Crippen molar-refractivity contribution in [1.29, 1.82) is 0 Å². The molecule has 2 N–H and O–H groups in total. The summed E-state index contributed by atoms with van der Waals surface area (Å²) in [6.45, 7) is 1.75. The Morgan fingerprint density at radius 3 is 2.40 bits per heavy atom. The summed E-state index contributed by atoms with van der Waals surface area (Å²) in [5.41, 5.74) is 0.142. The average molecular weight is 271 g/mol. The van der Waals surface area contributed by atoms with E-state index < -0.39 is 11.9 Å². The largest absolute Gasteiger partial charge is 0.477 e. The zero-order valence-corrected chi connectivity index (χ0v) is 10.8. The van der Waals surface area contributed by atoms with Gasteiger partial charge in [-0.3, -0.25) is 4.79 Å². The molecule has 2 aromatic rings. The summed E-state index contributed by atoms with van der Waals surface area (Å²) in [5, 5.41) is 11.5. The van der Waals surface area contributed by atoms with E-state index in [0.29, 0.717) is 17.1 Å². The number of hydrogen-bond acceptors (Lipinski definition) is 3. The Balaban J connectivity index is 2.20. The molecule has 1 aromatic heterocycles. The van der Waals surface area contributed by atoms with Gasteiger partial charge in [-0.1, -0.05) is 18.2 Å². The first-order valence-corrected chi connectivity index (χ1v) is 5.94. The van der Waals surface area contributed by atoms with E-state index in [2.05, 4.69) is 5.32 Å². The Hall–Kier alpha value is -2.82. The highest BCUT2D eigenvalue weighted by atomic mass is 16.4. The zero-order chi connectivity index (χ0) is 14.5.